The molecule has 4 rings (SSSR count). The highest BCUT2D eigenvalue weighted by molar-refractivity contribution is 5.87. The number of benzene rings is 1. The predicted octanol–water partition coefficient (Wildman–Crippen LogP) is 5.40. The molecule has 1 unspecified atom stereocenters. The largest absolute Gasteiger partial charge is 0.490 e. The average Bonchev–Trinajstić information content (AvgIpc) is 3.46. The smallest absolute Gasteiger partial charge is 0.410 e. The number of carbonyl (C=O) groups is 2. The van der Waals surface area contributed by atoms with Crippen molar-refractivity contribution in [2.24, 2.45) is 10.2 Å². The van der Waals surface area contributed by atoms with Crippen LogP contribution in [0.5, 0.6) is 5.75 Å². The number of azo groups is 1. The van der Waals surface area contributed by atoms with Gasteiger partial charge in [-0.1, -0.05) is 6.07 Å². The molecule has 1 aromatic heterocycles. The zero-order valence-corrected chi connectivity index (χ0v) is 21.3. The van der Waals surface area contributed by atoms with Crippen LogP contribution >= 0.6 is 0 Å². The molecule has 2 aliphatic rings. The summed E-state index contributed by atoms with van der Waals surface area (Å²) in [6.07, 6.45) is 3.03. The van der Waals surface area contributed by atoms with Crippen molar-refractivity contribution < 1.29 is 23.8 Å². The lowest BCUT2D eigenvalue weighted by molar-refractivity contribution is -0.161. The molecule has 9 heteroatoms. The highest BCUT2D eigenvalue weighted by Gasteiger charge is 2.44. The molecule has 2 aromatic rings. The van der Waals surface area contributed by atoms with Crippen LogP contribution in [0.2, 0.25) is 0 Å². The van der Waals surface area contributed by atoms with Crippen molar-refractivity contribution in [3.05, 3.63) is 42.2 Å². The number of amides is 1. The maximum Gasteiger partial charge on any atom is 0.410 e. The predicted molar refractivity (Wildman–Crippen MR) is 130 cm³/mol. The van der Waals surface area contributed by atoms with Crippen molar-refractivity contribution in [1.82, 2.24) is 9.88 Å². The summed E-state index contributed by atoms with van der Waals surface area (Å²) in [7, 11) is 0. The van der Waals surface area contributed by atoms with Gasteiger partial charge in [-0.15, -0.1) is 0 Å². The molecule has 0 saturated carbocycles. The molecule has 1 aromatic carbocycles. The van der Waals surface area contributed by atoms with Crippen molar-refractivity contribution in [2.45, 2.75) is 71.2 Å². The number of fused-ring (bicyclic) bond motifs is 1. The Labute approximate surface area is 205 Å². The van der Waals surface area contributed by atoms with Crippen LogP contribution in [0.4, 0.5) is 10.5 Å². The van der Waals surface area contributed by atoms with Gasteiger partial charge in [-0.05, 0) is 72.2 Å². The molecular weight excluding hydrogens is 448 g/mol. The van der Waals surface area contributed by atoms with E-state index in [1.165, 1.54) is 0 Å². The number of pyridine rings is 1. The molecule has 9 nitrogen and oxygen atoms in total. The summed E-state index contributed by atoms with van der Waals surface area (Å²) < 4.78 is 16.9. The van der Waals surface area contributed by atoms with Gasteiger partial charge in [0, 0.05) is 23.9 Å². The first kappa shape index (κ1) is 24.6. The third-order valence-corrected chi connectivity index (χ3v) is 5.51. The third kappa shape index (κ3) is 5.61. The summed E-state index contributed by atoms with van der Waals surface area (Å²) in [6, 6.07) is 7.49. The van der Waals surface area contributed by atoms with Crippen molar-refractivity contribution in [1.29, 1.82) is 0 Å². The van der Waals surface area contributed by atoms with Gasteiger partial charge < -0.3 is 14.2 Å². The van der Waals surface area contributed by atoms with Crippen LogP contribution in [-0.2, 0) is 19.8 Å². The number of ether oxygens (including phenoxy) is 3. The van der Waals surface area contributed by atoms with E-state index in [-0.39, 0.29) is 12.1 Å². The number of hydrogen-bond donors (Lipinski definition) is 0. The van der Waals surface area contributed by atoms with Crippen LogP contribution in [0.1, 0.15) is 54.0 Å². The van der Waals surface area contributed by atoms with Crippen molar-refractivity contribution in [2.75, 3.05) is 13.2 Å². The Kier molecular flexibility index (Phi) is 6.07. The first-order valence-electron chi connectivity index (χ1n) is 11.6. The van der Waals surface area contributed by atoms with Gasteiger partial charge in [0.25, 0.3) is 0 Å². The fourth-order valence-electron chi connectivity index (χ4n) is 3.64. The molecule has 0 aliphatic carbocycles. The molecule has 1 fully saturated rings. The summed E-state index contributed by atoms with van der Waals surface area (Å²) in [5.74, 6) is 0.141. The summed E-state index contributed by atoms with van der Waals surface area (Å²) in [5.41, 5.74) is 0.622. The Balaban J connectivity index is 1.45. The number of aromatic nitrogens is 1. The van der Waals surface area contributed by atoms with E-state index >= 15 is 0 Å². The van der Waals surface area contributed by atoms with Gasteiger partial charge in [-0.2, -0.15) is 10.2 Å². The molecule has 0 spiro atoms. The number of carbonyl (C=O) groups excluding carboxylic acids is 2. The molecule has 1 amide bonds. The Morgan fingerprint density at radius 1 is 1.03 bits per heavy atom. The van der Waals surface area contributed by atoms with E-state index in [0.717, 1.165) is 11.1 Å². The van der Waals surface area contributed by atoms with E-state index in [0.29, 0.717) is 30.2 Å². The summed E-state index contributed by atoms with van der Waals surface area (Å²) in [4.78, 5) is 31.0. The van der Waals surface area contributed by atoms with E-state index in [9.17, 15) is 9.59 Å². The molecule has 1 saturated heterocycles. The van der Waals surface area contributed by atoms with Crippen LogP contribution in [0.25, 0.3) is 11.1 Å². The fourth-order valence-corrected chi connectivity index (χ4v) is 3.64. The van der Waals surface area contributed by atoms with Gasteiger partial charge in [0.1, 0.15) is 23.6 Å². The second kappa shape index (κ2) is 8.62. The van der Waals surface area contributed by atoms with Crippen LogP contribution in [0.15, 0.2) is 46.9 Å². The molecule has 186 valence electrons. The van der Waals surface area contributed by atoms with E-state index in [1.54, 1.807) is 24.2 Å². The van der Waals surface area contributed by atoms with E-state index in [2.05, 4.69) is 15.2 Å². The lowest BCUT2D eigenvalue weighted by Gasteiger charge is -2.26. The fraction of sp³-hybridized carbons (Fsp3) is 0.500. The second-order valence-corrected chi connectivity index (χ2v) is 11.0. The zero-order valence-electron chi connectivity index (χ0n) is 21.3. The molecule has 3 heterocycles. The Morgan fingerprint density at radius 2 is 1.74 bits per heavy atom. The summed E-state index contributed by atoms with van der Waals surface area (Å²) >= 11 is 0. The lowest BCUT2D eigenvalue weighted by Crippen LogP contribution is -2.36. The van der Waals surface area contributed by atoms with Gasteiger partial charge in [0.15, 0.2) is 0 Å². The normalized spacial score (nSPS) is 20.9. The molecule has 35 heavy (non-hydrogen) atoms. The highest BCUT2D eigenvalue weighted by atomic mass is 16.6. The first-order chi connectivity index (χ1) is 16.2. The van der Waals surface area contributed by atoms with Crippen molar-refractivity contribution in [3.8, 4) is 16.9 Å². The quantitative estimate of drug-likeness (QED) is 0.419. The number of nitrogens with zero attached hydrogens (tertiary/aromatic N) is 4. The first-order valence-corrected chi connectivity index (χ1v) is 11.6. The van der Waals surface area contributed by atoms with Gasteiger partial charge in [-0.25, -0.2) is 9.59 Å². The number of esters is 1. The lowest BCUT2D eigenvalue weighted by atomic mass is 9.90. The molecule has 0 bridgehead atoms. The van der Waals surface area contributed by atoms with Crippen LogP contribution < -0.4 is 4.74 Å². The number of hydrogen-bond acceptors (Lipinski definition) is 8. The monoisotopic (exact) mass is 480 g/mol. The van der Waals surface area contributed by atoms with Crippen LogP contribution in [0, 0.1) is 0 Å². The van der Waals surface area contributed by atoms with Gasteiger partial charge in [0.2, 0.25) is 5.54 Å². The molecule has 0 N–H and O–H groups in total. The minimum absolute atomic E-state index is 0.0220. The molecule has 2 aliphatic heterocycles. The number of rotatable bonds is 5. The summed E-state index contributed by atoms with van der Waals surface area (Å²) in [5, 5.41) is 8.44. The minimum Gasteiger partial charge on any atom is -0.490 e. The minimum atomic E-state index is -1.21. The molecule has 2 atom stereocenters. The van der Waals surface area contributed by atoms with E-state index in [4.69, 9.17) is 14.2 Å². The van der Waals surface area contributed by atoms with Gasteiger partial charge >= 0.3 is 12.1 Å². The van der Waals surface area contributed by atoms with Crippen LogP contribution in [-0.4, -0.2) is 52.3 Å². The SMILES string of the molecule is CC(C)(C)OC(=O)N1C[C@H]1COc1cncc(-c2ccc3c(c2)C(C)(C(=O)OC(C)(C)C)N=N3)c1. The van der Waals surface area contributed by atoms with Crippen molar-refractivity contribution in [3.63, 3.8) is 0 Å². The molecule has 0 radical (unpaired) electrons. The Hall–Kier alpha value is -3.49. The Bertz CT molecular complexity index is 1180. The topological polar surface area (TPSA) is 102 Å². The Morgan fingerprint density at radius 3 is 2.43 bits per heavy atom. The summed E-state index contributed by atoms with van der Waals surface area (Å²) in [6.45, 7) is 13.7. The maximum absolute atomic E-state index is 12.9. The van der Waals surface area contributed by atoms with E-state index in [1.807, 2.05) is 65.8 Å². The average molecular weight is 481 g/mol. The van der Waals surface area contributed by atoms with E-state index < -0.39 is 22.7 Å². The highest BCUT2D eigenvalue weighted by Crippen LogP contribution is 2.43. The third-order valence-electron chi connectivity index (χ3n) is 5.51. The second-order valence-electron chi connectivity index (χ2n) is 11.0. The zero-order chi connectivity index (χ0) is 25.6. The maximum atomic E-state index is 12.9. The van der Waals surface area contributed by atoms with Crippen molar-refractivity contribution >= 4 is 17.7 Å². The van der Waals surface area contributed by atoms with Crippen LogP contribution in [0.3, 0.4) is 0 Å². The van der Waals surface area contributed by atoms with Gasteiger partial charge in [0.05, 0.1) is 17.9 Å². The molecular formula is C26H32N4O5. The standard InChI is InChI=1S/C26H32N4O5/c1-24(2,3)34-22(31)26(7)20-11-16(8-9-21(20)28-29-26)17-10-19(13-27-12-17)33-15-18-14-30(18)23(32)35-25(4,5)6/h8-13,18H,14-15H2,1-7H3/t18-,26?,30?/m0/s1. The van der Waals surface area contributed by atoms with Gasteiger partial charge in [-0.3, -0.25) is 9.88 Å².